The Morgan fingerprint density at radius 2 is 1.79 bits per heavy atom. The number of allylic oxidation sites excluding steroid dienone is 2. The minimum absolute atomic E-state index is 0.112. The highest BCUT2D eigenvalue weighted by Crippen LogP contribution is 2.33. The summed E-state index contributed by atoms with van der Waals surface area (Å²) in [7, 11) is 4.25. The fourth-order valence-electron chi connectivity index (χ4n) is 5.01. The molecule has 1 aliphatic heterocycles. The van der Waals surface area contributed by atoms with Gasteiger partial charge in [-0.2, -0.15) is 0 Å². The van der Waals surface area contributed by atoms with Gasteiger partial charge < -0.3 is 19.9 Å². The van der Waals surface area contributed by atoms with Crippen LogP contribution in [-0.2, 0) is 19.4 Å². The first kappa shape index (κ1) is 24.6. The number of hydrogen-bond acceptors (Lipinski definition) is 4. The van der Waals surface area contributed by atoms with Gasteiger partial charge in [-0.3, -0.25) is 9.59 Å². The third-order valence-corrected chi connectivity index (χ3v) is 7.16. The Morgan fingerprint density at radius 3 is 2.53 bits per heavy atom. The number of nitrogens with zero attached hydrogens (tertiary/aromatic N) is 1. The molecule has 2 aromatic rings. The summed E-state index contributed by atoms with van der Waals surface area (Å²) >= 11 is 6.44. The van der Waals surface area contributed by atoms with Gasteiger partial charge in [0.2, 0.25) is 0 Å². The van der Waals surface area contributed by atoms with Crippen LogP contribution in [0.25, 0.3) is 0 Å². The summed E-state index contributed by atoms with van der Waals surface area (Å²) in [6.07, 6.45) is 10.6. The van der Waals surface area contributed by atoms with Crippen LogP contribution in [-0.4, -0.2) is 42.0 Å². The zero-order valence-corrected chi connectivity index (χ0v) is 21.0. The Hall–Kier alpha value is -2.57. The van der Waals surface area contributed by atoms with E-state index in [1.54, 1.807) is 6.07 Å². The number of aromatic nitrogens is 1. The van der Waals surface area contributed by atoms with E-state index in [0.717, 1.165) is 55.3 Å². The van der Waals surface area contributed by atoms with E-state index >= 15 is 0 Å². The minimum atomic E-state index is -0.251. The largest absolute Gasteiger partial charge is 0.490 e. The molecule has 1 fully saturated rings. The van der Waals surface area contributed by atoms with Gasteiger partial charge in [0.05, 0.1) is 6.10 Å². The third-order valence-electron chi connectivity index (χ3n) is 6.94. The van der Waals surface area contributed by atoms with Crippen molar-refractivity contribution in [2.45, 2.75) is 70.6 Å². The molecule has 6 nitrogen and oxygen atoms in total. The number of carbonyl (C=O) groups is 1. The Bertz CT molecular complexity index is 1130. The lowest BCUT2D eigenvalue weighted by molar-refractivity contribution is 0.0945. The first-order valence-electron chi connectivity index (χ1n) is 12.1. The highest BCUT2D eigenvalue weighted by molar-refractivity contribution is 6.31. The lowest BCUT2D eigenvalue weighted by atomic mass is 9.92. The Morgan fingerprint density at radius 1 is 1.03 bits per heavy atom. The average molecular weight is 484 g/mol. The van der Waals surface area contributed by atoms with Gasteiger partial charge in [0, 0.05) is 40.0 Å². The van der Waals surface area contributed by atoms with Crippen LogP contribution in [0.4, 0.5) is 0 Å². The Balaban J connectivity index is 1.61. The quantitative estimate of drug-likeness (QED) is 0.627. The maximum Gasteiger partial charge on any atom is 0.253 e. The first-order chi connectivity index (χ1) is 16.3. The number of aromatic amines is 1. The lowest BCUT2D eigenvalue weighted by Crippen LogP contribution is -2.35. The van der Waals surface area contributed by atoms with Gasteiger partial charge in [-0.05, 0) is 89.7 Å². The van der Waals surface area contributed by atoms with Gasteiger partial charge in [-0.15, -0.1) is 0 Å². The van der Waals surface area contributed by atoms with Crippen LogP contribution in [0, 0.1) is 6.92 Å². The van der Waals surface area contributed by atoms with Crippen molar-refractivity contribution < 1.29 is 9.53 Å². The molecular formula is C27H34ClN3O3. The molecule has 2 aliphatic rings. The maximum atomic E-state index is 13.3. The van der Waals surface area contributed by atoms with Crippen molar-refractivity contribution in [3.63, 3.8) is 0 Å². The van der Waals surface area contributed by atoms with Gasteiger partial charge in [-0.25, -0.2) is 0 Å². The van der Waals surface area contributed by atoms with Crippen LogP contribution >= 0.6 is 11.6 Å². The van der Waals surface area contributed by atoms with Crippen LogP contribution in [0.1, 0.15) is 64.8 Å². The number of rotatable bonds is 3. The lowest BCUT2D eigenvalue weighted by Gasteiger charge is -2.33. The molecule has 1 amide bonds. The second-order valence-corrected chi connectivity index (χ2v) is 10.1. The van der Waals surface area contributed by atoms with Crippen LogP contribution in [0.5, 0.6) is 5.75 Å². The van der Waals surface area contributed by atoms with Gasteiger partial charge in [0.15, 0.2) is 0 Å². The number of amides is 1. The number of hydrogen-bond donors (Lipinski definition) is 2. The number of benzene rings is 1. The van der Waals surface area contributed by atoms with E-state index < -0.39 is 0 Å². The van der Waals surface area contributed by atoms with Gasteiger partial charge in [0.25, 0.3) is 11.5 Å². The fraction of sp³-hybridized carbons (Fsp3) is 0.481. The molecule has 0 radical (unpaired) electrons. The van der Waals surface area contributed by atoms with E-state index in [-0.39, 0.29) is 24.1 Å². The molecule has 1 aliphatic carbocycles. The number of fused-ring (bicyclic) bond motifs is 2. The highest BCUT2D eigenvalue weighted by atomic mass is 35.5. The normalized spacial score (nSPS) is 22.1. The summed E-state index contributed by atoms with van der Waals surface area (Å²) in [5, 5.41) is 3.42. The van der Waals surface area contributed by atoms with E-state index in [2.05, 4.69) is 41.4 Å². The predicted molar refractivity (Wildman–Crippen MR) is 136 cm³/mol. The molecule has 0 saturated heterocycles. The second kappa shape index (κ2) is 10.8. The number of carbonyl (C=O) groups excluding carboxylic acids is 1. The molecule has 1 aromatic carbocycles. The van der Waals surface area contributed by atoms with Crippen LogP contribution < -0.4 is 15.6 Å². The molecule has 0 bridgehead atoms. The van der Waals surface area contributed by atoms with Crippen molar-refractivity contribution in [3.05, 3.63) is 73.7 Å². The first-order valence-corrected chi connectivity index (χ1v) is 12.5. The summed E-state index contributed by atoms with van der Waals surface area (Å²) in [5.41, 5.74) is 3.58. The van der Waals surface area contributed by atoms with E-state index in [1.807, 2.05) is 19.1 Å². The number of ether oxygens (including phenoxy) is 1. The monoisotopic (exact) mass is 483 g/mol. The number of aryl methyl sites for hydroxylation is 2. The number of nitrogens with one attached hydrogen (secondary N) is 2. The molecule has 4 rings (SSSR count). The third kappa shape index (κ3) is 5.73. The van der Waals surface area contributed by atoms with Crippen LogP contribution in [0.15, 0.2) is 35.1 Å². The Labute approximate surface area is 206 Å². The van der Waals surface area contributed by atoms with E-state index in [0.29, 0.717) is 34.4 Å². The number of halogens is 1. The minimum Gasteiger partial charge on any atom is -0.490 e. The molecule has 2 N–H and O–H groups in total. The molecule has 0 atom stereocenters. The zero-order valence-electron chi connectivity index (χ0n) is 20.2. The molecule has 7 heteroatoms. The molecule has 0 unspecified atom stereocenters. The van der Waals surface area contributed by atoms with Crippen LogP contribution in [0.3, 0.4) is 0 Å². The fourth-order valence-corrected chi connectivity index (χ4v) is 5.22. The van der Waals surface area contributed by atoms with Gasteiger partial charge in [0.1, 0.15) is 5.75 Å². The SMILES string of the molecule is Cc1cc2c(c(=O)[nH]1)CNC(=O)c1cc(Cl)cc(O[C@H]3CC[C@H](N(C)C)CC3)c1C/C=C\CC2. The number of H-pyrrole nitrogens is 1. The van der Waals surface area contributed by atoms with Crippen molar-refractivity contribution in [2.75, 3.05) is 14.1 Å². The molecule has 1 aromatic heterocycles. The van der Waals surface area contributed by atoms with Crippen molar-refractivity contribution in [2.24, 2.45) is 0 Å². The number of pyridine rings is 1. The van der Waals surface area contributed by atoms with Gasteiger partial charge in [-0.1, -0.05) is 23.8 Å². The maximum absolute atomic E-state index is 13.3. The van der Waals surface area contributed by atoms with Crippen molar-refractivity contribution in [1.29, 1.82) is 0 Å². The van der Waals surface area contributed by atoms with E-state index in [1.165, 1.54) is 0 Å². The van der Waals surface area contributed by atoms with Crippen molar-refractivity contribution in [1.82, 2.24) is 15.2 Å². The predicted octanol–water partition coefficient (Wildman–Crippen LogP) is 4.56. The van der Waals surface area contributed by atoms with Crippen molar-refractivity contribution in [3.8, 4) is 5.75 Å². The summed E-state index contributed by atoms with van der Waals surface area (Å²) in [5.74, 6) is 0.431. The summed E-state index contributed by atoms with van der Waals surface area (Å²) in [4.78, 5) is 31.0. The smallest absolute Gasteiger partial charge is 0.253 e. The van der Waals surface area contributed by atoms with Crippen molar-refractivity contribution >= 4 is 17.5 Å². The zero-order chi connectivity index (χ0) is 24.2. The van der Waals surface area contributed by atoms with E-state index in [4.69, 9.17) is 16.3 Å². The Kier molecular flexibility index (Phi) is 7.79. The molecular weight excluding hydrogens is 450 g/mol. The van der Waals surface area contributed by atoms with Gasteiger partial charge >= 0.3 is 0 Å². The molecule has 2 heterocycles. The molecule has 0 spiro atoms. The molecule has 182 valence electrons. The average Bonchev–Trinajstić information content (AvgIpc) is 2.78. The topological polar surface area (TPSA) is 74.4 Å². The molecule has 34 heavy (non-hydrogen) atoms. The van der Waals surface area contributed by atoms with Crippen LogP contribution in [0.2, 0.25) is 5.02 Å². The standard InChI is InChI=1S/C27H34ClN3O3/c1-17-13-18-7-5-4-6-8-22-23(26(32)29-16-24(18)27(33)30-17)14-19(28)15-25(22)34-21-11-9-20(10-12-21)31(2)3/h4,6,13-15,20-21H,5,7-12,16H2,1-3H3,(H,29,32)(H,30,33)/b6-4-/t20-,21-. The summed E-state index contributed by atoms with van der Waals surface area (Å²) < 4.78 is 6.45. The second-order valence-electron chi connectivity index (χ2n) is 9.62. The highest BCUT2D eigenvalue weighted by Gasteiger charge is 2.26. The summed E-state index contributed by atoms with van der Waals surface area (Å²) in [6, 6.07) is 6.10. The van der Waals surface area contributed by atoms with E-state index in [9.17, 15) is 9.59 Å². The summed E-state index contributed by atoms with van der Waals surface area (Å²) in [6.45, 7) is 2.04. The molecule has 1 saturated carbocycles.